The predicted molar refractivity (Wildman–Crippen MR) is 131 cm³/mol. The van der Waals surface area contributed by atoms with Gasteiger partial charge in [-0.25, -0.2) is 13.6 Å². The van der Waals surface area contributed by atoms with E-state index in [9.17, 15) is 13.6 Å². The van der Waals surface area contributed by atoms with Gasteiger partial charge < -0.3 is 25.6 Å². The Morgan fingerprint density at radius 3 is 2.24 bits per heavy atom. The molecule has 8 heteroatoms. The maximum Gasteiger partial charge on any atom is 0.407 e. The summed E-state index contributed by atoms with van der Waals surface area (Å²) in [5, 5.41) is 2.92. The Balaban J connectivity index is 1.15. The summed E-state index contributed by atoms with van der Waals surface area (Å²) in [7, 11) is 0. The SMILES string of the molecule is CC(C)(C)OC(=O)NCC1CC2(CCN(CC3CCN(c4c(F)cc(N)cc4F)CC3)CC2)C1. The molecule has 3 N–H and O–H groups in total. The number of anilines is 2. The number of ether oxygens (including phenoxy) is 1. The molecule has 1 spiro atoms. The van der Waals surface area contributed by atoms with Gasteiger partial charge in [0.2, 0.25) is 0 Å². The van der Waals surface area contributed by atoms with E-state index in [1.165, 1.54) is 37.8 Å². The number of carbonyl (C=O) groups excluding carboxylic acids is 1. The summed E-state index contributed by atoms with van der Waals surface area (Å²) < 4.78 is 33.8. The number of nitrogens with zero attached hydrogens (tertiary/aromatic N) is 2. The van der Waals surface area contributed by atoms with Crippen molar-refractivity contribution in [3.63, 3.8) is 0 Å². The highest BCUT2D eigenvalue weighted by atomic mass is 19.1. The number of nitrogens with two attached hydrogens (primary N) is 1. The van der Waals surface area contributed by atoms with Crippen LogP contribution in [0, 0.1) is 28.9 Å². The molecule has 3 aliphatic rings. The fourth-order valence-corrected chi connectivity index (χ4v) is 6.06. The first-order chi connectivity index (χ1) is 16.0. The van der Waals surface area contributed by atoms with Crippen molar-refractivity contribution in [2.75, 3.05) is 49.9 Å². The van der Waals surface area contributed by atoms with Crippen molar-refractivity contribution in [2.45, 2.75) is 64.9 Å². The van der Waals surface area contributed by atoms with E-state index in [1.807, 2.05) is 25.7 Å². The van der Waals surface area contributed by atoms with Crippen LogP contribution >= 0.6 is 0 Å². The van der Waals surface area contributed by atoms with Crippen LogP contribution < -0.4 is 16.0 Å². The first kappa shape index (κ1) is 25.0. The second-order valence-electron chi connectivity index (χ2n) is 11.7. The van der Waals surface area contributed by atoms with Gasteiger partial charge in [-0.15, -0.1) is 0 Å². The number of halogens is 2. The van der Waals surface area contributed by atoms with Crippen molar-refractivity contribution in [3.05, 3.63) is 23.8 Å². The first-order valence-electron chi connectivity index (χ1n) is 12.7. The minimum Gasteiger partial charge on any atom is -0.444 e. The Morgan fingerprint density at radius 1 is 1.09 bits per heavy atom. The van der Waals surface area contributed by atoms with Gasteiger partial charge in [-0.1, -0.05) is 0 Å². The normalized spacial score (nSPS) is 22.0. The lowest BCUT2D eigenvalue weighted by Crippen LogP contribution is -2.51. The third kappa shape index (κ3) is 6.12. The van der Waals surface area contributed by atoms with Crippen molar-refractivity contribution < 1.29 is 18.3 Å². The first-order valence-corrected chi connectivity index (χ1v) is 12.7. The predicted octanol–water partition coefficient (Wildman–Crippen LogP) is 4.78. The van der Waals surface area contributed by atoms with Crippen LogP contribution in [-0.4, -0.2) is 55.9 Å². The van der Waals surface area contributed by atoms with Gasteiger partial charge in [-0.2, -0.15) is 0 Å². The maximum atomic E-state index is 14.3. The summed E-state index contributed by atoms with van der Waals surface area (Å²) in [5.74, 6) is -0.0235. The Morgan fingerprint density at radius 2 is 1.68 bits per heavy atom. The minimum atomic E-state index is -0.572. The van der Waals surface area contributed by atoms with Crippen LogP contribution in [0.2, 0.25) is 0 Å². The van der Waals surface area contributed by atoms with Gasteiger partial charge in [0.05, 0.1) is 0 Å². The molecule has 0 bridgehead atoms. The average Bonchev–Trinajstić information content (AvgIpc) is 2.71. The third-order valence-corrected chi connectivity index (χ3v) is 7.78. The highest BCUT2D eigenvalue weighted by molar-refractivity contribution is 5.67. The molecule has 0 unspecified atom stereocenters. The van der Waals surface area contributed by atoms with Gasteiger partial charge in [0.1, 0.15) is 11.3 Å². The number of nitrogens with one attached hydrogen (secondary N) is 1. The maximum absolute atomic E-state index is 14.3. The molecule has 0 aromatic heterocycles. The molecule has 1 aliphatic carbocycles. The lowest BCUT2D eigenvalue weighted by Gasteiger charge is -2.53. The molecular weight excluding hydrogens is 438 g/mol. The summed E-state index contributed by atoms with van der Waals surface area (Å²) in [6.07, 6.45) is 6.39. The monoisotopic (exact) mass is 478 g/mol. The molecule has 190 valence electrons. The lowest BCUT2D eigenvalue weighted by molar-refractivity contribution is -0.0180. The highest BCUT2D eigenvalue weighted by Crippen LogP contribution is 2.52. The van der Waals surface area contributed by atoms with Gasteiger partial charge in [0.25, 0.3) is 0 Å². The van der Waals surface area contributed by atoms with Crippen LogP contribution in [0.25, 0.3) is 0 Å². The van der Waals surface area contributed by atoms with E-state index in [1.54, 1.807) is 0 Å². The zero-order valence-corrected chi connectivity index (χ0v) is 20.8. The largest absolute Gasteiger partial charge is 0.444 e. The Labute approximate surface area is 202 Å². The Bertz CT molecular complexity index is 841. The van der Waals surface area contributed by atoms with Crippen molar-refractivity contribution >= 4 is 17.5 Å². The van der Waals surface area contributed by atoms with Crippen molar-refractivity contribution in [1.82, 2.24) is 10.2 Å². The van der Waals surface area contributed by atoms with Crippen LogP contribution in [0.4, 0.5) is 25.0 Å². The zero-order valence-electron chi connectivity index (χ0n) is 20.8. The summed E-state index contributed by atoms with van der Waals surface area (Å²) in [5.41, 5.74) is 5.72. The van der Waals surface area contributed by atoms with E-state index < -0.39 is 17.2 Å². The number of piperidine rings is 2. The molecule has 1 aromatic rings. The van der Waals surface area contributed by atoms with Gasteiger partial charge in [-0.3, -0.25) is 0 Å². The second-order valence-corrected chi connectivity index (χ2v) is 11.7. The number of amides is 1. The number of hydrogen-bond acceptors (Lipinski definition) is 5. The topological polar surface area (TPSA) is 70.8 Å². The van der Waals surface area contributed by atoms with Crippen LogP contribution in [0.5, 0.6) is 0 Å². The fraction of sp³-hybridized carbons (Fsp3) is 0.731. The Hall–Kier alpha value is -2.09. The highest BCUT2D eigenvalue weighted by Gasteiger charge is 2.45. The molecule has 2 heterocycles. The second kappa shape index (κ2) is 9.88. The molecule has 2 saturated heterocycles. The van der Waals surface area contributed by atoms with Crippen LogP contribution in [-0.2, 0) is 4.74 Å². The smallest absolute Gasteiger partial charge is 0.407 e. The average molecular weight is 479 g/mol. The van der Waals surface area contributed by atoms with Gasteiger partial charge in [0.15, 0.2) is 11.6 Å². The number of carbonyl (C=O) groups is 1. The lowest BCUT2D eigenvalue weighted by atomic mass is 9.57. The van der Waals surface area contributed by atoms with E-state index in [0.29, 0.717) is 36.9 Å². The number of alkyl carbamates (subject to hydrolysis) is 1. The Kier molecular flexibility index (Phi) is 7.27. The molecule has 2 aliphatic heterocycles. The van der Waals surface area contributed by atoms with Crippen molar-refractivity contribution in [2.24, 2.45) is 17.3 Å². The van der Waals surface area contributed by atoms with Gasteiger partial charge in [0, 0.05) is 31.9 Å². The van der Waals surface area contributed by atoms with E-state index in [4.69, 9.17) is 10.5 Å². The minimum absolute atomic E-state index is 0.0632. The van der Waals surface area contributed by atoms with E-state index in [2.05, 4.69) is 10.2 Å². The molecule has 0 radical (unpaired) electrons. The number of likely N-dealkylation sites (tertiary alicyclic amines) is 1. The molecule has 1 saturated carbocycles. The zero-order chi connectivity index (χ0) is 24.5. The summed E-state index contributed by atoms with van der Waals surface area (Å²) >= 11 is 0. The molecule has 4 rings (SSSR count). The summed E-state index contributed by atoms with van der Waals surface area (Å²) in [6, 6.07) is 2.40. The molecule has 3 fully saturated rings. The van der Waals surface area contributed by atoms with Crippen molar-refractivity contribution in [3.8, 4) is 0 Å². The van der Waals surface area contributed by atoms with Gasteiger partial charge >= 0.3 is 6.09 Å². The van der Waals surface area contributed by atoms with E-state index in [0.717, 1.165) is 32.5 Å². The van der Waals surface area contributed by atoms with Crippen LogP contribution in [0.3, 0.4) is 0 Å². The van der Waals surface area contributed by atoms with Crippen molar-refractivity contribution in [1.29, 1.82) is 0 Å². The third-order valence-electron chi connectivity index (χ3n) is 7.78. The number of benzene rings is 1. The summed E-state index contributed by atoms with van der Waals surface area (Å²) in [6.45, 7) is 11.0. The molecule has 0 atom stereocenters. The standard InChI is InChI=1S/C26H40F2N4O2/c1-25(2,3)34-24(33)30-16-19-14-26(15-19)6-10-31(11-7-26)17-18-4-8-32(9-5-18)23-21(27)12-20(29)13-22(23)28/h12-13,18-19H,4-11,14-17,29H2,1-3H3,(H,30,33). The number of hydrogen-bond donors (Lipinski definition) is 2. The fourth-order valence-electron chi connectivity index (χ4n) is 6.06. The summed E-state index contributed by atoms with van der Waals surface area (Å²) in [4.78, 5) is 16.3. The van der Waals surface area contributed by atoms with Crippen LogP contribution in [0.15, 0.2) is 12.1 Å². The molecule has 1 aromatic carbocycles. The quantitative estimate of drug-likeness (QED) is 0.596. The van der Waals surface area contributed by atoms with Crippen LogP contribution in [0.1, 0.15) is 59.3 Å². The van der Waals surface area contributed by atoms with E-state index >= 15 is 0 Å². The number of rotatable bonds is 5. The molecule has 6 nitrogen and oxygen atoms in total. The molecule has 1 amide bonds. The van der Waals surface area contributed by atoms with Gasteiger partial charge in [-0.05, 0) is 102 Å². The molecular formula is C26H40F2N4O2. The number of nitrogen functional groups attached to an aromatic ring is 1. The van der Waals surface area contributed by atoms with E-state index in [-0.39, 0.29) is 17.5 Å². The molecule has 34 heavy (non-hydrogen) atoms.